The standard InChI is InChI=1S/C11H23N3O/c12-9-11-1-2-14(10-11)4-3-13-5-7-15-8-6-13/h11H,1-10,12H2/t11-/m1/s1. The molecule has 0 saturated carbocycles. The van der Waals surface area contributed by atoms with Crippen LogP contribution in [0.15, 0.2) is 0 Å². The summed E-state index contributed by atoms with van der Waals surface area (Å²) < 4.78 is 5.33. The molecule has 0 bridgehead atoms. The molecule has 0 spiro atoms. The fourth-order valence-electron chi connectivity index (χ4n) is 2.42. The fourth-order valence-corrected chi connectivity index (χ4v) is 2.42. The molecular weight excluding hydrogens is 190 g/mol. The van der Waals surface area contributed by atoms with E-state index in [1.54, 1.807) is 0 Å². The highest BCUT2D eigenvalue weighted by Crippen LogP contribution is 2.14. The number of hydrogen-bond acceptors (Lipinski definition) is 4. The Kier molecular flexibility index (Phi) is 4.38. The van der Waals surface area contributed by atoms with Gasteiger partial charge >= 0.3 is 0 Å². The van der Waals surface area contributed by atoms with E-state index in [-0.39, 0.29) is 0 Å². The van der Waals surface area contributed by atoms with Crippen molar-refractivity contribution in [2.24, 2.45) is 11.7 Å². The molecule has 0 aromatic heterocycles. The van der Waals surface area contributed by atoms with Crippen LogP contribution in [0.1, 0.15) is 6.42 Å². The third-order valence-electron chi connectivity index (χ3n) is 3.54. The Morgan fingerprint density at radius 3 is 2.47 bits per heavy atom. The van der Waals surface area contributed by atoms with Gasteiger partial charge in [0.2, 0.25) is 0 Å². The molecule has 0 aromatic carbocycles. The minimum absolute atomic E-state index is 0.745. The van der Waals surface area contributed by atoms with E-state index in [2.05, 4.69) is 9.80 Å². The molecule has 4 heteroatoms. The van der Waals surface area contributed by atoms with Crippen molar-refractivity contribution in [2.45, 2.75) is 6.42 Å². The van der Waals surface area contributed by atoms with Crippen LogP contribution in [0.2, 0.25) is 0 Å². The molecule has 0 amide bonds. The van der Waals surface area contributed by atoms with E-state index in [1.807, 2.05) is 0 Å². The average molecular weight is 213 g/mol. The zero-order chi connectivity index (χ0) is 10.5. The van der Waals surface area contributed by atoms with Crippen LogP contribution in [-0.4, -0.2) is 68.8 Å². The van der Waals surface area contributed by atoms with Gasteiger partial charge in [-0.3, -0.25) is 4.90 Å². The molecule has 0 aliphatic carbocycles. The molecule has 2 heterocycles. The van der Waals surface area contributed by atoms with Crippen LogP contribution >= 0.6 is 0 Å². The molecule has 2 aliphatic rings. The summed E-state index contributed by atoms with van der Waals surface area (Å²) in [7, 11) is 0. The molecule has 2 aliphatic heterocycles. The van der Waals surface area contributed by atoms with Crippen LogP contribution in [0, 0.1) is 5.92 Å². The van der Waals surface area contributed by atoms with E-state index in [1.165, 1.54) is 32.6 Å². The quantitative estimate of drug-likeness (QED) is 0.690. The molecule has 2 rings (SSSR count). The van der Waals surface area contributed by atoms with Crippen LogP contribution < -0.4 is 5.73 Å². The normalized spacial score (nSPS) is 29.8. The van der Waals surface area contributed by atoms with E-state index in [9.17, 15) is 0 Å². The Balaban J connectivity index is 1.61. The molecule has 2 saturated heterocycles. The minimum Gasteiger partial charge on any atom is -0.379 e. The topological polar surface area (TPSA) is 41.7 Å². The Bertz CT molecular complexity index is 183. The summed E-state index contributed by atoms with van der Waals surface area (Å²) in [5, 5.41) is 0. The third-order valence-corrected chi connectivity index (χ3v) is 3.54. The molecule has 2 fully saturated rings. The maximum Gasteiger partial charge on any atom is 0.0594 e. The van der Waals surface area contributed by atoms with Gasteiger partial charge in [-0.05, 0) is 25.4 Å². The maximum atomic E-state index is 5.68. The maximum absolute atomic E-state index is 5.68. The predicted molar refractivity (Wildman–Crippen MR) is 60.9 cm³/mol. The third kappa shape index (κ3) is 3.41. The van der Waals surface area contributed by atoms with Gasteiger partial charge in [0.05, 0.1) is 13.2 Å². The number of nitrogens with two attached hydrogens (primary N) is 1. The second-order valence-corrected chi connectivity index (χ2v) is 4.65. The largest absolute Gasteiger partial charge is 0.379 e. The molecule has 2 N–H and O–H groups in total. The smallest absolute Gasteiger partial charge is 0.0594 e. The van der Waals surface area contributed by atoms with Crippen LogP contribution in [0.4, 0.5) is 0 Å². The molecule has 0 radical (unpaired) electrons. The first kappa shape index (κ1) is 11.3. The van der Waals surface area contributed by atoms with Crippen LogP contribution in [0.3, 0.4) is 0 Å². The van der Waals surface area contributed by atoms with Crippen LogP contribution in [0.25, 0.3) is 0 Å². The first-order chi connectivity index (χ1) is 7.38. The van der Waals surface area contributed by atoms with Gasteiger partial charge < -0.3 is 15.4 Å². The molecule has 4 nitrogen and oxygen atoms in total. The Morgan fingerprint density at radius 2 is 1.80 bits per heavy atom. The number of likely N-dealkylation sites (tertiary alicyclic amines) is 1. The van der Waals surface area contributed by atoms with E-state index < -0.39 is 0 Å². The van der Waals surface area contributed by atoms with Crippen molar-refractivity contribution >= 4 is 0 Å². The molecular formula is C11H23N3O. The Labute approximate surface area is 92.4 Å². The fraction of sp³-hybridized carbons (Fsp3) is 1.00. The average Bonchev–Trinajstić information content (AvgIpc) is 2.76. The van der Waals surface area contributed by atoms with Gasteiger partial charge in [0.1, 0.15) is 0 Å². The van der Waals surface area contributed by atoms with Gasteiger partial charge in [-0.2, -0.15) is 0 Å². The summed E-state index contributed by atoms with van der Waals surface area (Å²) in [6.07, 6.45) is 1.29. The van der Waals surface area contributed by atoms with Crippen LogP contribution in [-0.2, 0) is 4.74 Å². The first-order valence-corrected chi connectivity index (χ1v) is 6.11. The van der Waals surface area contributed by atoms with Gasteiger partial charge in [0, 0.05) is 32.7 Å². The van der Waals surface area contributed by atoms with Crippen molar-refractivity contribution in [1.29, 1.82) is 0 Å². The van der Waals surface area contributed by atoms with Gasteiger partial charge in [-0.1, -0.05) is 0 Å². The lowest BCUT2D eigenvalue weighted by Crippen LogP contribution is -2.41. The lowest BCUT2D eigenvalue weighted by molar-refractivity contribution is 0.0343. The summed E-state index contributed by atoms with van der Waals surface area (Å²) in [4.78, 5) is 5.05. The van der Waals surface area contributed by atoms with Crippen LogP contribution in [0.5, 0.6) is 0 Å². The minimum atomic E-state index is 0.745. The summed E-state index contributed by atoms with van der Waals surface area (Å²) in [5.74, 6) is 0.745. The van der Waals surface area contributed by atoms with Gasteiger partial charge in [0.15, 0.2) is 0 Å². The summed E-state index contributed by atoms with van der Waals surface area (Å²) >= 11 is 0. The number of rotatable bonds is 4. The number of morpholine rings is 1. The summed E-state index contributed by atoms with van der Waals surface area (Å²) in [6, 6.07) is 0. The number of nitrogens with zero attached hydrogens (tertiary/aromatic N) is 2. The SMILES string of the molecule is NC[C@H]1CCN(CCN2CCOCC2)C1. The summed E-state index contributed by atoms with van der Waals surface area (Å²) in [5.41, 5.74) is 5.68. The molecule has 15 heavy (non-hydrogen) atoms. The van der Waals surface area contributed by atoms with Crippen molar-refractivity contribution in [1.82, 2.24) is 9.80 Å². The van der Waals surface area contributed by atoms with Gasteiger partial charge in [0.25, 0.3) is 0 Å². The Hall–Kier alpha value is -0.160. The first-order valence-electron chi connectivity index (χ1n) is 6.11. The molecule has 0 unspecified atom stereocenters. The second-order valence-electron chi connectivity index (χ2n) is 4.65. The van der Waals surface area contributed by atoms with Crippen molar-refractivity contribution in [3.63, 3.8) is 0 Å². The predicted octanol–water partition coefficient (Wildman–Crippen LogP) is -0.401. The number of hydrogen-bond donors (Lipinski definition) is 1. The lowest BCUT2D eigenvalue weighted by atomic mass is 10.1. The van der Waals surface area contributed by atoms with Crippen molar-refractivity contribution in [3.05, 3.63) is 0 Å². The zero-order valence-corrected chi connectivity index (χ0v) is 9.53. The second kappa shape index (κ2) is 5.80. The molecule has 88 valence electrons. The highest BCUT2D eigenvalue weighted by Gasteiger charge is 2.21. The van der Waals surface area contributed by atoms with Gasteiger partial charge in [-0.25, -0.2) is 0 Å². The van der Waals surface area contributed by atoms with Crippen molar-refractivity contribution in [2.75, 3.05) is 59.0 Å². The molecule has 1 atom stereocenters. The van der Waals surface area contributed by atoms with E-state index in [0.29, 0.717) is 0 Å². The van der Waals surface area contributed by atoms with Crippen molar-refractivity contribution in [3.8, 4) is 0 Å². The van der Waals surface area contributed by atoms with E-state index in [4.69, 9.17) is 10.5 Å². The van der Waals surface area contributed by atoms with Gasteiger partial charge in [-0.15, -0.1) is 0 Å². The number of ether oxygens (including phenoxy) is 1. The lowest BCUT2D eigenvalue weighted by Gasteiger charge is -2.28. The van der Waals surface area contributed by atoms with E-state index >= 15 is 0 Å². The summed E-state index contributed by atoms with van der Waals surface area (Å²) in [6.45, 7) is 9.73. The van der Waals surface area contributed by atoms with E-state index in [0.717, 1.165) is 38.8 Å². The highest BCUT2D eigenvalue weighted by molar-refractivity contribution is 4.77. The zero-order valence-electron chi connectivity index (χ0n) is 9.53. The Morgan fingerprint density at radius 1 is 1.07 bits per heavy atom. The monoisotopic (exact) mass is 213 g/mol. The van der Waals surface area contributed by atoms with Crippen molar-refractivity contribution < 1.29 is 4.74 Å². The molecule has 0 aromatic rings. The highest BCUT2D eigenvalue weighted by atomic mass is 16.5.